The van der Waals surface area contributed by atoms with Gasteiger partial charge in [-0.3, -0.25) is 0 Å². The molecule has 1 unspecified atom stereocenters. The van der Waals surface area contributed by atoms with Crippen LogP contribution in [0.5, 0.6) is 0 Å². The lowest BCUT2D eigenvalue weighted by atomic mass is 10.0. The van der Waals surface area contributed by atoms with Crippen LogP contribution < -0.4 is 5.32 Å². The molecule has 0 bridgehead atoms. The quantitative estimate of drug-likeness (QED) is 0.850. The van der Waals surface area contributed by atoms with Gasteiger partial charge in [-0.15, -0.1) is 0 Å². The van der Waals surface area contributed by atoms with Gasteiger partial charge in [0.2, 0.25) is 0 Å². The van der Waals surface area contributed by atoms with Crippen LogP contribution >= 0.6 is 22.9 Å². The molecule has 1 aromatic heterocycles. The molecule has 2 aromatic rings. The van der Waals surface area contributed by atoms with Gasteiger partial charge < -0.3 is 5.32 Å². The molecule has 0 aliphatic heterocycles. The predicted molar refractivity (Wildman–Crippen MR) is 75.9 cm³/mol. The van der Waals surface area contributed by atoms with E-state index in [9.17, 15) is 0 Å². The van der Waals surface area contributed by atoms with Gasteiger partial charge in [0.15, 0.2) is 0 Å². The topological polar surface area (TPSA) is 12.0 Å². The summed E-state index contributed by atoms with van der Waals surface area (Å²) in [6, 6.07) is 10.6. The van der Waals surface area contributed by atoms with Crippen molar-refractivity contribution in [3.8, 4) is 0 Å². The van der Waals surface area contributed by atoms with Crippen molar-refractivity contribution in [2.45, 2.75) is 18.9 Å². The number of rotatable bonds is 5. The molecule has 1 atom stereocenters. The molecule has 1 heterocycles. The Kier molecular flexibility index (Phi) is 4.60. The lowest BCUT2D eigenvalue weighted by molar-refractivity contribution is 0.550. The zero-order valence-electron chi connectivity index (χ0n) is 9.82. The van der Waals surface area contributed by atoms with Crippen molar-refractivity contribution in [1.82, 2.24) is 5.32 Å². The Morgan fingerprint density at radius 1 is 1.29 bits per heavy atom. The van der Waals surface area contributed by atoms with E-state index in [0.717, 1.165) is 17.9 Å². The van der Waals surface area contributed by atoms with E-state index in [4.69, 9.17) is 11.6 Å². The molecule has 0 amide bonds. The van der Waals surface area contributed by atoms with E-state index in [-0.39, 0.29) is 0 Å². The maximum absolute atomic E-state index is 6.22. The Morgan fingerprint density at radius 2 is 2.12 bits per heavy atom. The number of hydrogen-bond acceptors (Lipinski definition) is 2. The molecule has 0 aliphatic rings. The van der Waals surface area contributed by atoms with Crippen LogP contribution in [0.15, 0.2) is 41.1 Å². The minimum atomic E-state index is 0.323. The van der Waals surface area contributed by atoms with Gasteiger partial charge in [-0.05, 0) is 53.9 Å². The standard InChI is InChI=1S/C14H16ClNS/c1-16-14(7-6-11-8-9-17-10-11)12-4-2-3-5-13(12)15/h2-5,8-10,14,16H,6-7H2,1H3. The van der Waals surface area contributed by atoms with Crippen molar-refractivity contribution in [1.29, 1.82) is 0 Å². The van der Waals surface area contributed by atoms with Crippen molar-refractivity contribution in [3.63, 3.8) is 0 Å². The molecule has 17 heavy (non-hydrogen) atoms. The van der Waals surface area contributed by atoms with Crippen molar-refractivity contribution in [3.05, 3.63) is 57.2 Å². The molecule has 1 nitrogen and oxygen atoms in total. The van der Waals surface area contributed by atoms with Crippen molar-refractivity contribution in [2.24, 2.45) is 0 Å². The first-order valence-electron chi connectivity index (χ1n) is 5.74. The van der Waals surface area contributed by atoms with Gasteiger partial charge >= 0.3 is 0 Å². The molecule has 0 fully saturated rings. The number of nitrogens with one attached hydrogen (secondary N) is 1. The highest BCUT2D eigenvalue weighted by Crippen LogP contribution is 2.26. The summed E-state index contributed by atoms with van der Waals surface area (Å²) in [6.07, 6.45) is 2.15. The Balaban J connectivity index is 2.04. The molecule has 1 N–H and O–H groups in total. The summed E-state index contributed by atoms with van der Waals surface area (Å²) in [6.45, 7) is 0. The zero-order chi connectivity index (χ0) is 12.1. The van der Waals surface area contributed by atoms with Gasteiger partial charge in [0.25, 0.3) is 0 Å². The van der Waals surface area contributed by atoms with Crippen LogP contribution in [-0.4, -0.2) is 7.05 Å². The van der Waals surface area contributed by atoms with Crippen molar-refractivity contribution < 1.29 is 0 Å². The first-order valence-corrected chi connectivity index (χ1v) is 7.06. The minimum Gasteiger partial charge on any atom is -0.313 e. The Morgan fingerprint density at radius 3 is 2.76 bits per heavy atom. The molecule has 0 spiro atoms. The van der Waals surface area contributed by atoms with Gasteiger partial charge in [0, 0.05) is 11.1 Å². The molecule has 3 heteroatoms. The molecular weight excluding hydrogens is 250 g/mol. The van der Waals surface area contributed by atoms with Gasteiger partial charge in [-0.25, -0.2) is 0 Å². The maximum atomic E-state index is 6.22. The molecule has 2 rings (SSSR count). The third-order valence-corrected chi connectivity index (χ3v) is 4.01. The third-order valence-electron chi connectivity index (χ3n) is 2.93. The fraction of sp³-hybridized carbons (Fsp3) is 0.286. The summed E-state index contributed by atoms with van der Waals surface area (Å²) in [5.41, 5.74) is 2.59. The van der Waals surface area contributed by atoms with Crippen LogP contribution in [0.3, 0.4) is 0 Å². The molecular formula is C14H16ClNS. The number of halogens is 1. The number of thiophene rings is 1. The van der Waals surface area contributed by atoms with E-state index in [2.05, 4.69) is 28.2 Å². The molecule has 0 saturated heterocycles. The second kappa shape index (κ2) is 6.20. The van der Waals surface area contributed by atoms with Crippen LogP contribution in [0.1, 0.15) is 23.6 Å². The maximum Gasteiger partial charge on any atom is 0.0453 e. The summed E-state index contributed by atoms with van der Waals surface area (Å²) >= 11 is 7.97. The second-order valence-corrected chi connectivity index (χ2v) is 5.22. The van der Waals surface area contributed by atoms with Crippen LogP contribution in [0.25, 0.3) is 0 Å². The Labute approximate surface area is 111 Å². The first kappa shape index (κ1) is 12.6. The van der Waals surface area contributed by atoms with E-state index >= 15 is 0 Å². The van der Waals surface area contributed by atoms with E-state index in [1.165, 1.54) is 11.1 Å². The van der Waals surface area contributed by atoms with Gasteiger partial charge in [-0.2, -0.15) is 11.3 Å². The van der Waals surface area contributed by atoms with Crippen molar-refractivity contribution in [2.75, 3.05) is 7.05 Å². The zero-order valence-corrected chi connectivity index (χ0v) is 11.4. The van der Waals surface area contributed by atoms with Crippen molar-refractivity contribution >= 4 is 22.9 Å². The number of aryl methyl sites for hydroxylation is 1. The highest BCUT2D eigenvalue weighted by atomic mass is 35.5. The second-order valence-electron chi connectivity index (χ2n) is 4.03. The fourth-order valence-corrected chi connectivity index (χ4v) is 2.93. The Hall–Kier alpha value is -0.830. The van der Waals surface area contributed by atoms with Crippen LogP contribution in [0.4, 0.5) is 0 Å². The highest BCUT2D eigenvalue weighted by molar-refractivity contribution is 7.07. The van der Waals surface area contributed by atoms with E-state index in [1.54, 1.807) is 11.3 Å². The number of hydrogen-bond donors (Lipinski definition) is 1. The molecule has 0 radical (unpaired) electrons. The summed E-state index contributed by atoms with van der Waals surface area (Å²) in [4.78, 5) is 0. The molecule has 0 saturated carbocycles. The lowest BCUT2D eigenvalue weighted by Gasteiger charge is -2.17. The molecule has 0 aliphatic carbocycles. The monoisotopic (exact) mass is 265 g/mol. The largest absolute Gasteiger partial charge is 0.313 e. The van der Waals surface area contributed by atoms with Gasteiger partial charge in [0.05, 0.1) is 0 Å². The summed E-state index contributed by atoms with van der Waals surface area (Å²) in [5.74, 6) is 0. The summed E-state index contributed by atoms with van der Waals surface area (Å²) in [5, 5.41) is 8.52. The van der Waals surface area contributed by atoms with Gasteiger partial charge in [-0.1, -0.05) is 29.8 Å². The fourth-order valence-electron chi connectivity index (χ4n) is 1.96. The normalized spacial score (nSPS) is 12.6. The third kappa shape index (κ3) is 3.32. The first-order chi connectivity index (χ1) is 8.31. The van der Waals surface area contributed by atoms with E-state index in [0.29, 0.717) is 6.04 Å². The van der Waals surface area contributed by atoms with Crippen LogP contribution in [-0.2, 0) is 6.42 Å². The highest BCUT2D eigenvalue weighted by Gasteiger charge is 2.12. The summed E-state index contributed by atoms with van der Waals surface area (Å²) < 4.78 is 0. The predicted octanol–water partition coefficient (Wildman–Crippen LogP) is 4.29. The molecule has 1 aromatic carbocycles. The van der Waals surface area contributed by atoms with Crippen LogP contribution in [0, 0.1) is 0 Å². The number of benzene rings is 1. The van der Waals surface area contributed by atoms with Gasteiger partial charge in [0.1, 0.15) is 0 Å². The van der Waals surface area contributed by atoms with Crippen LogP contribution in [0.2, 0.25) is 5.02 Å². The Bertz CT molecular complexity index is 453. The smallest absolute Gasteiger partial charge is 0.0453 e. The molecule has 90 valence electrons. The average Bonchev–Trinajstić information content (AvgIpc) is 2.85. The summed E-state index contributed by atoms with van der Waals surface area (Å²) in [7, 11) is 1.99. The average molecular weight is 266 g/mol. The van der Waals surface area contributed by atoms with E-state index in [1.807, 2.05) is 25.2 Å². The minimum absolute atomic E-state index is 0.323. The SMILES string of the molecule is CNC(CCc1ccsc1)c1ccccc1Cl. The lowest BCUT2D eigenvalue weighted by Crippen LogP contribution is -2.17. The van der Waals surface area contributed by atoms with E-state index < -0.39 is 0 Å².